The smallest absolute Gasteiger partial charge is 0.304 e. The van der Waals surface area contributed by atoms with Crippen LogP contribution in [-0.4, -0.2) is 43.1 Å². The van der Waals surface area contributed by atoms with Gasteiger partial charge in [-0.3, -0.25) is 4.79 Å². The number of hydrogen-bond acceptors (Lipinski definition) is 3. The molecule has 0 aromatic heterocycles. The first-order chi connectivity index (χ1) is 5.90. The van der Waals surface area contributed by atoms with E-state index in [1.807, 2.05) is 6.92 Å². The van der Waals surface area contributed by atoms with Crippen LogP contribution in [0.25, 0.3) is 0 Å². The fourth-order valence-electron chi connectivity index (χ4n) is 0.826. The predicted molar refractivity (Wildman–Crippen MR) is 49.0 cm³/mol. The SMILES string of the molecule is CCCN(C)S(=O)(=O)CCC(=O)O. The molecule has 0 radical (unpaired) electrons. The molecule has 78 valence electrons. The first kappa shape index (κ1) is 12.4. The Labute approximate surface area is 78.4 Å². The van der Waals surface area contributed by atoms with Crippen LogP contribution in [0.4, 0.5) is 0 Å². The van der Waals surface area contributed by atoms with E-state index in [9.17, 15) is 13.2 Å². The van der Waals surface area contributed by atoms with Gasteiger partial charge in [-0.15, -0.1) is 0 Å². The molecule has 0 unspecified atom stereocenters. The van der Waals surface area contributed by atoms with Gasteiger partial charge in [0.2, 0.25) is 10.0 Å². The summed E-state index contributed by atoms with van der Waals surface area (Å²) < 4.78 is 23.8. The van der Waals surface area contributed by atoms with Crippen LogP contribution >= 0.6 is 0 Å². The number of carbonyl (C=O) groups is 1. The Morgan fingerprint density at radius 2 is 2.00 bits per heavy atom. The summed E-state index contributed by atoms with van der Waals surface area (Å²) in [5.41, 5.74) is 0. The van der Waals surface area contributed by atoms with Gasteiger partial charge in [-0.05, 0) is 6.42 Å². The van der Waals surface area contributed by atoms with Crippen molar-refractivity contribution in [2.75, 3.05) is 19.3 Å². The molecule has 0 aliphatic rings. The molecule has 0 saturated heterocycles. The molecule has 0 fully saturated rings. The standard InChI is InChI=1S/C7H15NO4S/c1-3-5-8(2)13(11,12)6-4-7(9)10/h3-6H2,1-2H3,(H,9,10). The molecule has 0 amide bonds. The van der Waals surface area contributed by atoms with Crippen molar-refractivity contribution in [1.29, 1.82) is 0 Å². The first-order valence-electron chi connectivity index (χ1n) is 4.06. The summed E-state index contributed by atoms with van der Waals surface area (Å²) in [5, 5.41) is 8.31. The number of sulfonamides is 1. The van der Waals surface area contributed by atoms with Gasteiger partial charge in [-0.25, -0.2) is 12.7 Å². The van der Waals surface area contributed by atoms with E-state index < -0.39 is 16.0 Å². The second kappa shape index (κ2) is 5.18. The van der Waals surface area contributed by atoms with Crippen molar-refractivity contribution in [3.8, 4) is 0 Å². The van der Waals surface area contributed by atoms with Gasteiger partial charge >= 0.3 is 5.97 Å². The minimum absolute atomic E-state index is 0.321. The van der Waals surface area contributed by atoms with Gasteiger partial charge in [0.05, 0.1) is 12.2 Å². The number of nitrogens with zero attached hydrogens (tertiary/aromatic N) is 1. The maximum Gasteiger partial charge on any atom is 0.304 e. The highest BCUT2D eigenvalue weighted by atomic mass is 32.2. The summed E-state index contributed by atoms with van der Waals surface area (Å²) >= 11 is 0. The molecule has 0 aliphatic carbocycles. The van der Waals surface area contributed by atoms with Gasteiger partial charge in [0.25, 0.3) is 0 Å². The zero-order valence-electron chi connectivity index (χ0n) is 7.86. The third-order valence-electron chi connectivity index (χ3n) is 1.59. The number of rotatable bonds is 6. The third kappa shape index (κ3) is 4.84. The Morgan fingerprint density at radius 1 is 1.46 bits per heavy atom. The first-order valence-corrected chi connectivity index (χ1v) is 5.67. The third-order valence-corrected chi connectivity index (χ3v) is 3.44. The van der Waals surface area contributed by atoms with Crippen molar-refractivity contribution >= 4 is 16.0 Å². The summed E-state index contributed by atoms with van der Waals surface area (Å²) in [6.45, 7) is 2.30. The van der Waals surface area contributed by atoms with Crippen LogP contribution in [0.3, 0.4) is 0 Å². The normalized spacial score (nSPS) is 11.9. The number of carboxylic acids is 1. The van der Waals surface area contributed by atoms with E-state index >= 15 is 0 Å². The Morgan fingerprint density at radius 3 is 2.38 bits per heavy atom. The monoisotopic (exact) mass is 209 g/mol. The van der Waals surface area contributed by atoms with Crippen molar-refractivity contribution in [2.45, 2.75) is 19.8 Å². The molecule has 0 atom stereocenters. The van der Waals surface area contributed by atoms with Crippen LogP contribution in [-0.2, 0) is 14.8 Å². The Kier molecular flexibility index (Phi) is 4.94. The van der Waals surface area contributed by atoms with Crippen molar-refractivity contribution in [3.05, 3.63) is 0 Å². The predicted octanol–water partition coefficient (Wildman–Crippen LogP) is 0.133. The number of aliphatic carboxylic acids is 1. The summed E-state index contributed by atoms with van der Waals surface area (Å²) in [7, 11) is -1.91. The Bertz CT molecular complexity index is 260. The van der Waals surface area contributed by atoms with Gasteiger partial charge in [-0.1, -0.05) is 6.92 Å². The van der Waals surface area contributed by atoms with Crippen LogP contribution in [0, 0.1) is 0 Å². The average molecular weight is 209 g/mol. The fraction of sp³-hybridized carbons (Fsp3) is 0.857. The molecule has 13 heavy (non-hydrogen) atoms. The lowest BCUT2D eigenvalue weighted by Gasteiger charge is -2.14. The van der Waals surface area contributed by atoms with Gasteiger partial charge in [0.15, 0.2) is 0 Å². The van der Waals surface area contributed by atoms with E-state index in [1.54, 1.807) is 0 Å². The Balaban J connectivity index is 4.15. The molecule has 0 heterocycles. The van der Waals surface area contributed by atoms with Crippen LogP contribution in [0.1, 0.15) is 19.8 Å². The van der Waals surface area contributed by atoms with Crippen LogP contribution in [0.5, 0.6) is 0 Å². The van der Waals surface area contributed by atoms with Crippen molar-refractivity contribution < 1.29 is 18.3 Å². The molecular formula is C7H15NO4S. The molecule has 1 N–H and O–H groups in total. The largest absolute Gasteiger partial charge is 0.481 e. The lowest BCUT2D eigenvalue weighted by molar-refractivity contribution is -0.136. The molecule has 0 aromatic carbocycles. The highest BCUT2D eigenvalue weighted by Gasteiger charge is 2.17. The highest BCUT2D eigenvalue weighted by molar-refractivity contribution is 7.89. The number of hydrogen-bond donors (Lipinski definition) is 1. The molecule has 5 nitrogen and oxygen atoms in total. The van der Waals surface area contributed by atoms with Gasteiger partial charge in [-0.2, -0.15) is 0 Å². The van der Waals surface area contributed by atoms with E-state index in [4.69, 9.17) is 5.11 Å². The van der Waals surface area contributed by atoms with E-state index in [1.165, 1.54) is 11.4 Å². The highest BCUT2D eigenvalue weighted by Crippen LogP contribution is 2.01. The van der Waals surface area contributed by atoms with Crippen LogP contribution in [0.2, 0.25) is 0 Å². The zero-order valence-corrected chi connectivity index (χ0v) is 8.67. The quantitative estimate of drug-likeness (QED) is 0.675. The van der Waals surface area contributed by atoms with E-state index in [2.05, 4.69) is 0 Å². The summed E-state index contributed by atoms with van der Waals surface area (Å²) in [6.07, 6.45) is 0.388. The minimum atomic E-state index is -3.37. The zero-order chi connectivity index (χ0) is 10.5. The van der Waals surface area contributed by atoms with Crippen LogP contribution in [0.15, 0.2) is 0 Å². The van der Waals surface area contributed by atoms with E-state index in [-0.39, 0.29) is 12.2 Å². The molecule has 0 aliphatic heterocycles. The molecule has 0 bridgehead atoms. The van der Waals surface area contributed by atoms with Gasteiger partial charge in [0, 0.05) is 13.6 Å². The second-order valence-corrected chi connectivity index (χ2v) is 4.98. The molecule has 0 saturated carbocycles. The minimum Gasteiger partial charge on any atom is -0.481 e. The lowest BCUT2D eigenvalue weighted by atomic mass is 10.5. The van der Waals surface area contributed by atoms with Crippen molar-refractivity contribution in [1.82, 2.24) is 4.31 Å². The van der Waals surface area contributed by atoms with Crippen LogP contribution < -0.4 is 0 Å². The maximum absolute atomic E-state index is 11.3. The van der Waals surface area contributed by atoms with Crippen molar-refractivity contribution in [2.24, 2.45) is 0 Å². The van der Waals surface area contributed by atoms with Gasteiger partial charge in [0.1, 0.15) is 0 Å². The van der Waals surface area contributed by atoms with Crippen molar-refractivity contribution in [3.63, 3.8) is 0 Å². The molecular weight excluding hydrogens is 194 g/mol. The van der Waals surface area contributed by atoms with E-state index in [0.29, 0.717) is 6.54 Å². The Hall–Kier alpha value is -0.620. The summed E-state index contributed by atoms with van der Waals surface area (Å²) in [6, 6.07) is 0. The fourth-order valence-corrected chi connectivity index (χ4v) is 2.03. The summed E-state index contributed by atoms with van der Waals surface area (Å²) in [5.74, 6) is -1.41. The second-order valence-electron chi connectivity index (χ2n) is 2.78. The molecule has 0 rings (SSSR count). The maximum atomic E-state index is 11.3. The molecule has 0 aromatic rings. The topological polar surface area (TPSA) is 74.7 Å². The number of carboxylic acid groups (broad SMARTS) is 1. The lowest BCUT2D eigenvalue weighted by Crippen LogP contribution is -2.30. The van der Waals surface area contributed by atoms with Gasteiger partial charge < -0.3 is 5.11 Å². The molecule has 0 spiro atoms. The van der Waals surface area contributed by atoms with E-state index in [0.717, 1.165) is 6.42 Å². The average Bonchev–Trinajstić information content (AvgIpc) is 2.01. The summed E-state index contributed by atoms with van der Waals surface area (Å²) in [4.78, 5) is 10.1. The molecule has 6 heteroatoms.